The highest BCUT2D eigenvalue weighted by Crippen LogP contribution is 2.16. The number of amides is 1. The zero-order chi connectivity index (χ0) is 17.0. The number of carbonyl (C=O) groups is 1. The van der Waals surface area contributed by atoms with Gasteiger partial charge in [-0.3, -0.25) is 4.79 Å². The highest BCUT2D eigenvalue weighted by molar-refractivity contribution is 9.10. The number of hydrogen-bond donors (Lipinski definition) is 1. The van der Waals surface area contributed by atoms with Gasteiger partial charge in [0.25, 0.3) is 0 Å². The first kappa shape index (κ1) is 22.4. The molecule has 0 fully saturated rings. The Balaban J connectivity index is 0.00000484. The number of halogens is 2. The third-order valence-corrected chi connectivity index (χ3v) is 5.28. The largest absolute Gasteiger partial charge is 0.344 e. The fourth-order valence-corrected chi connectivity index (χ4v) is 3.64. The van der Waals surface area contributed by atoms with Crippen molar-refractivity contribution in [3.8, 4) is 0 Å². The van der Waals surface area contributed by atoms with Gasteiger partial charge >= 0.3 is 0 Å². The van der Waals surface area contributed by atoms with Gasteiger partial charge in [0, 0.05) is 18.1 Å². The molecule has 0 unspecified atom stereocenters. The molecule has 132 valence electrons. The maximum atomic E-state index is 12.2. The van der Waals surface area contributed by atoms with E-state index >= 15 is 0 Å². The van der Waals surface area contributed by atoms with Gasteiger partial charge in [0.05, 0.1) is 5.75 Å². The zero-order valence-corrected chi connectivity index (χ0v) is 16.8. The Labute approximate surface area is 153 Å². The Bertz CT molecular complexity index is 618. The van der Waals surface area contributed by atoms with Crippen molar-refractivity contribution in [2.45, 2.75) is 19.6 Å². The van der Waals surface area contributed by atoms with E-state index in [9.17, 15) is 13.2 Å². The molecule has 0 spiro atoms. The van der Waals surface area contributed by atoms with Crippen molar-refractivity contribution in [1.82, 2.24) is 4.90 Å². The highest BCUT2D eigenvalue weighted by atomic mass is 79.9. The molecule has 1 aromatic carbocycles. The summed E-state index contributed by atoms with van der Waals surface area (Å²) in [5.74, 6) is -1.03. The van der Waals surface area contributed by atoms with Crippen molar-refractivity contribution in [1.29, 1.82) is 0 Å². The van der Waals surface area contributed by atoms with Crippen LogP contribution in [0.15, 0.2) is 28.7 Å². The van der Waals surface area contributed by atoms with Gasteiger partial charge in [-0.05, 0) is 29.7 Å². The van der Waals surface area contributed by atoms with Crippen LogP contribution in [0.3, 0.4) is 0 Å². The number of carbonyl (C=O) groups excluding carboxylic acids is 1. The standard InChI is InChI=1S/C15H23BrN2O3S.ClH/c1-15(2,10-17)11-18(3)14(19)9-22(20,21)8-12-4-6-13(16)7-5-12;/h4-7H,8-11,17H2,1-3H3;1H. The fraction of sp³-hybridized carbons (Fsp3) is 0.533. The summed E-state index contributed by atoms with van der Waals surface area (Å²) in [6, 6.07) is 7.02. The number of sulfone groups is 1. The van der Waals surface area contributed by atoms with Crippen molar-refractivity contribution in [2.24, 2.45) is 11.1 Å². The molecule has 0 atom stereocenters. The van der Waals surface area contributed by atoms with Crippen molar-refractivity contribution in [3.05, 3.63) is 34.3 Å². The van der Waals surface area contributed by atoms with E-state index in [1.54, 1.807) is 31.3 Å². The van der Waals surface area contributed by atoms with Crippen LogP contribution in [0.4, 0.5) is 0 Å². The van der Waals surface area contributed by atoms with Gasteiger partial charge in [0.1, 0.15) is 5.75 Å². The number of nitrogens with two attached hydrogens (primary N) is 1. The van der Waals surface area contributed by atoms with E-state index in [1.165, 1.54) is 4.90 Å². The molecule has 5 nitrogen and oxygen atoms in total. The van der Waals surface area contributed by atoms with Crippen LogP contribution in [0.25, 0.3) is 0 Å². The lowest BCUT2D eigenvalue weighted by Crippen LogP contribution is -2.42. The van der Waals surface area contributed by atoms with Crippen LogP contribution in [0.5, 0.6) is 0 Å². The average Bonchev–Trinajstić information content (AvgIpc) is 2.40. The normalized spacial score (nSPS) is 11.7. The second-order valence-corrected chi connectivity index (χ2v) is 9.26. The maximum Gasteiger partial charge on any atom is 0.237 e. The molecular formula is C15H24BrClN2O3S. The first-order valence-corrected chi connectivity index (χ1v) is 9.55. The van der Waals surface area contributed by atoms with Gasteiger partial charge in [-0.25, -0.2) is 8.42 Å². The number of nitrogens with zero attached hydrogens (tertiary/aromatic N) is 1. The van der Waals surface area contributed by atoms with Crippen molar-refractivity contribution in [3.63, 3.8) is 0 Å². The van der Waals surface area contributed by atoms with Crippen LogP contribution >= 0.6 is 28.3 Å². The van der Waals surface area contributed by atoms with E-state index < -0.39 is 21.5 Å². The molecule has 1 amide bonds. The molecule has 0 radical (unpaired) electrons. The molecule has 8 heteroatoms. The van der Waals surface area contributed by atoms with E-state index in [0.717, 1.165) is 4.47 Å². The summed E-state index contributed by atoms with van der Waals surface area (Å²) in [5.41, 5.74) is 6.07. The van der Waals surface area contributed by atoms with Crippen molar-refractivity contribution >= 4 is 44.1 Å². The van der Waals surface area contributed by atoms with Crippen LogP contribution in [-0.2, 0) is 20.4 Å². The Morgan fingerprint density at radius 3 is 2.26 bits per heavy atom. The lowest BCUT2D eigenvalue weighted by Gasteiger charge is -2.29. The summed E-state index contributed by atoms with van der Waals surface area (Å²) >= 11 is 3.30. The summed E-state index contributed by atoms with van der Waals surface area (Å²) in [5, 5.41) is 0. The molecule has 23 heavy (non-hydrogen) atoms. The second-order valence-electron chi connectivity index (χ2n) is 6.28. The Morgan fingerprint density at radius 2 is 1.78 bits per heavy atom. The smallest absolute Gasteiger partial charge is 0.237 e. The van der Waals surface area contributed by atoms with Crippen LogP contribution in [0.2, 0.25) is 0 Å². The van der Waals surface area contributed by atoms with Gasteiger partial charge in [-0.1, -0.05) is 41.9 Å². The maximum absolute atomic E-state index is 12.2. The van der Waals surface area contributed by atoms with E-state index in [-0.39, 0.29) is 23.6 Å². The van der Waals surface area contributed by atoms with Gasteiger partial charge in [-0.15, -0.1) is 12.4 Å². The van der Waals surface area contributed by atoms with E-state index in [4.69, 9.17) is 5.73 Å². The predicted octanol–water partition coefficient (Wildman–Crippen LogP) is 2.23. The molecule has 0 aliphatic rings. The number of hydrogen-bond acceptors (Lipinski definition) is 4. The van der Waals surface area contributed by atoms with Crippen LogP contribution in [0, 0.1) is 5.41 Å². The molecule has 2 N–H and O–H groups in total. The number of rotatable bonds is 7. The molecule has 0 aliphatic carbocycles. The molecule has 0 saturated carbocycles. The van der Waals surface area contributed by atoms with Gasteiger partial charge < -0.3 is 10.6 Å². The number of benzene rings is 1. The second kappa shape index (κ2) is 9.01. The van der Waals surface area contributed by atoms with Crippen LogP contribution < -0.4 is 5.73 Å². The third-order valence-electron chi connectivity index (χ3n) is 3.29. The molecule has 0 saturated heterocycles. The average molecular weight is 428 g/mol. The van der Waals surface area contributed by atoms with E-state index in [2.05, 4.69) is 15.9 Å². The molecule has 0 heterocycles. The summed E-state index contributed by atoms with van der Waals surface area (Å²) in [6.07, 6.45) is 0. The minimum Gasteiger partial charge on any atom is -0.344 e. The minimum atomic E-state index is -3.49. The SMILES string of the molecule is CN(CC(C)(C)CN)C(=O)CS(=O)(=O)Cc1ccc(Br)cc1.Cl. The quantitative estimate of drug-likeness (QED) is 0.723. The summed E-state index contributed by atoms with van der Waals surface area (Å²) < 4.78 is 25.2. The summed E-state index contributed by atoms with van der Waals surface area (Å²) in [4.78, 5) is 13.5. The molecule has 0 bridgehead atoms. The predicted molar refractivity (Wildman–Crippen MR) is 99.4 cm³/mol. The Morgan fingerprint density at radius 1 is 1.26 bits per heavy atom. The van der Waals surface area contributed by atoms with Gasteiger partial charge in [0.2, 0.25) is 5.91 Å². The topological polar surface area (TPSA) is 80.5 Å². The summed E-state index contributed by atoms with van der Waals surface area (Å²) in [6.45, 7) is 4.73. The van der Waals surface area contributed by atoms with Gasteiger partial charge in [-0.2, -0.15) is 0 Å². The Kier molecular flexibility index (Phi) is 8.76. The third kappa shape index (κ3) is 8.15. The lowest BCUT2D eigenvalue weighted by molar-refractivity contribution is -0.128. The van der Waals surface area contributed by atoms with Crippen molar-refractivity contribution in [2.75, 3.05) is 25.9 Å². The first-order valence-electron chi connectivity index (χ1n) is 6.93. The minimum absolute atomic E-state index is 0. The first-order chi connectivity index (χ1) is 10.0. The zero-order valence-electron chi connectivity index (χ0n) is 13.6. The molecule has 1 aromatic rings. The van der Waals surface area contributed by atoms with Gasteiger partial charge in [0.15, 0.2) is 9.84 Å². The molecular weight excluding hydrogens is 404 g/mol. The van der Waals surface area contributed by atoms with E-state index in [0.29, 0.717) is 18.7 Å². The molecule has 0 aliphatic heterocycles. The van der Waals surface area contributed by atoms with Crippen LogP contribution in [-0.4, -0.2) is 45.1 Å². The van der Waals surface area contributed by atoms with E-state index in [1.807, 2.05) is 13.8 Å². The molecule has 1 rings (SSSR count). The summed E-state index contributed by atoms with van der Waals surface area (Å²) in [7, 11) is -1.89. The highest BCUT2D eigenvalue weighted by Gasteiger charge is 2.24. The lowest BCUT2D eigenvalue weighted by atomic mass is 9.93. The van der Waals surface area contributed by atoms with Crippen LogP contribution in [0.1, 0.15) is 19.4 Å². The van der Waals surface area contributed by atoms with Crippen molar-refractivity contribution < 1.29 is 13.2 Å². The monoisotopic (exact) mass is 426 g/mol. The Hall–Kier alpha value is -0.630. The molecule has 0 aromatic heterocycles. The fourth-order valence-electron chi connectivity index (χ4n) is 1.98.